The second-order valence-electron chi connectivity index (χ2n) is 8.83. The molecule has 2 N–H and O–H groups in total. The van der Waals surface area contributed by atoms with Gasteiger partial charge in [0.25, 0.3) is 11.8 Å². The van der Waals surface area contributed by atoms with Crippen LogP contribution in [0, 0.1) is 25.6 Å². The number of pyridine rings is 1. The molecule has 0 radical (unpaired) electrons. The van der Waals surface area contributed by atoms with Crippen molar-refractivity contribution in [3.05, 3.63) is 64.1 Å². The zero-order chi connectivity index (χ0) is 26.4. The number of carbonyl (C=O) groups is 1. The van der Waals surface area contributed by atoms with Gasteiger partial charge in [-0.15, -0.1) is 10.2 Å². The van der Waals surface area contributed by atoms with Gasteiger partial charge in [0, 0.05) is 28.5 Å². The molecule has 1 atom stereocenters. The van der Waals surface area contributed by atoms with Gasteiger partial charge < -0.3 is 10.1 Å². The maximum atomic E-state index is 13.6. The van der Waals surface area contributed by atoms with Crippen molar-refractivity contribution in [2.45, 2.75) is 50.6 Å². The third-order valence-electron chi connectivity index (χ3n) is 5.76. The van der Waals surface area contributed by atoms with E-state index in [1.165, 1.54) is 30.5 Å². The molecule has 1 aliphatic carbocycles. The average Bonchev–Trinajstić information content (AvgIpc) is 3.60. The molecule has 1 saturated carbocycles. The molecule has 0 bridgehead atoms. The lowest BCUT2D eigenvalue weighted by Gasteiger charge is -2.18. The van der Waals surface area contributed by atoms with Gasteiger partial charge in [0.1, 0.15) is 5.56 Å². The quantitative estimate of drug-likeness (QED) is 0.427. The van der Waals surface area contributed by atoms with Gasteiger partial charge in [0.2, 0.25) is 0 Å². The molecule has 190 valence electrons. The van der Waals surface area contributed by atoms with Gasteiger partial charge in [0.05, 0.1) is 15.4 Å². The molecule has 2 aromatic heterocycles. The summed E-state index contributed by atoms with van der Waals surface area (Å²) in [5.41, 5.74) is 0.0749. The SMILES string of the molecule is Cc1cc(C2CC2)nc(C)c1Oc1nnc(C(F)(F)F)c(C)c1C(=O)Nc1cccc(S(C)(=N)=O)c1. The minimum absolute atomic E-state index is 0.151. The number of hydrogen-bond donors (Lipinski definition) is 2. The van der Waals surface area contributed by atoms with Gasteiger partial charge in [-0.3, -0.25) is 9.78 Å². The van der Waals surface area contributed by atoms with Crippen molar-refractivity contribution in [1.29, 1.82) is 4.78 Å². The fourth-order valence-electron chi connectivity index (χ4n) is 3.81. The minimum atomic E-state index is -4.84. The highest BCUT2D eigenvalue weighted by Crippen LogP contribution is 2.41. The van der Waals surface area contributed by atoms with Crippen LogP contribution in [0.3, 0.4) is 0 Å². The Morgan fingerprint density at radius 1 is 1.17 bits per heavy atom. The van der Waals surface area contributed by atoms with Crippen LogP contribution in [0.1, 0.15) is 57.3 Å². The van der Waals surface area contributed by atoms with E-state index >= 15 is 0 Å². The molecule has 2 heterocycles. The average molecular weight is 520 g/mol. The van der Waals surface area contributed by atoms with E-state index in [9.17, 15) is 22.2 Å². The standard InChI is InChI=1S/C24H24F3N5O3S/c1-12-10-18(15-8-9-15)29-14(3)20(12)35-23-19(13(2)21(31-32-23)24(25,26)27)22(33)30-16-6-5-7-17(11-16)36(4,28)34/h5-7,10-11,15,28H,8-9H2,1-4H3,(H,30,33). The molecule has 3 aromatic rings. The molecule has 0 spiro atoms. The number of aryl methyl sites for hydroxylation is 2. The first-order chi connectivity index (χ1) is 16.8. The number of ether oxygens (including phenoxy) is 1. The molecule has 8 nitrogen and oxygen atoms in total. The summed E-state index contributed by atoms with van der Waals surface area (Å²) in [6.45, 7) is 4.62. The summed E-state index contributed by atoms with van der Waals surface area (Å²) in [5, 5.41) is 9.41. The summed E-state index contributed by atoms with van der Waals surface area (Å²) in [6, 6.07) is 7.61. The van der Waals surface area contributed by atoms with Crippen LogP contribution in [0.25, 0.3) is 0 Å². The third-order valence-corrected chi connectivity index (χ3v) is 6.92. The number of benzene rings is 1. The van der Waals surface area contributed by atoms with E-state index in [1.54, 1.807) is 13.8 Å². The fraction of sp³-hybridized carbons (Fsp3) is 0.333. The van der Waals surface area contributed by atoms with Gasteiger partial charge in [-0.25, -0.2) is 8.99 Å². The van der Waals surface area contributed by atoms with Crippen LogP contribution in [-0.4, -0.2) is 31.6 Å². The first kappa shape index (κ1) is 25.5. The summed E-state index contributed by atoms with van der Waals surface area (Å²) in [5.74, 6) is -0.654. The Morgan fingerprint density at radius 3 is 2.44 bits per heavy atom. The molecule has 1 fully saturated rings. The number of anilines is 1. The largest absolute Gasteiger partial charge is 0.435 e. The van der Waals surface area contributed by atoms with Gasteiger partial charge in [-0.1, -0.05) is 6.07 Å². The molecule has 1 aliphatic rings. The Morgan fingerprint density at radius 2 is 1.86 bits per heavy atom. The van der Waals surface area contributed by atoms with E-state index in [1.807, 2.05) is 6.07 Å². The molecule has 4 rings (SSSR count). The Bertz CT molecular complexity index is 1450. The van der Waals surface area contributed by atoms with Gasteiger partial charge in [-0.2, -0.15) is 13.2 Å². The molecule has 1 amide bonds. The molecular formula is C24H24F3N5O3S. The van der Waals surface area contributed by atoms with Gasteiger partial charge >= 0.3 is 6.18 Å². The number of alkyl halides is 3. The number of nitrogens with one attached hydrogen (secondary N) is 2. The number of hydrogen-bond acceptors (Lipinski definition) is 7. The topological polar surface area (TPSA) is 118 Å². The van der Waals surface area contributed by atoms with Crippen LogP contribution < -0.4 is 10.1 Å². The highest BCUT2D eigenvalue weighted by atomic mass is 32.2. The van der Waals surface area contributed by atoms with Crippen molar-refractivity contribution in [1.82, 2.24) is 15.2 Å². The number of amides is 1. The van der Waals surface area contributed by atoms with Crippen molar-refractivity contribution >= 4 is 21.3 Å². The molecule has 1 aromatic carbocycles. The first-order valence-electron chi connectivity index (χ1n) is 11.0. The molecule has 12 heteroatoms. The van der Waals surface area contributed by atoms with E-state index in [-0.39, 0.29) is 16.3 Å². The zero-order valence-electron chi connectivity index (χ0n) is 20.0. The lowest BCUT2D eigenvalue weighted by atomic mass is 10.1. The van der Waals surface area contributed by atoms with E-state index < -0.39 is 44.5 Å². The van der Waals surface area contributed by atoms with Gasteiger partial charge in [0.15, 0.2) is 11.4 Å². The van der Waals surface area contributed by atoms with Gasteiger partial charge in [-0.05, 0) is 69.0 Å². The Balaban J connectivity index is 1.76. The fourth-order valence-corrected chi connectivity index (χ4v) is 4.50. The lowest BCUT2D eigenvalue weighted by Crippen LogP contribution is -2.21. The maximum Gasteiger partial charge on any atom is 0.435 e. The molecule has 1 unspecified atom stereocenters. The lowest BCUT2D eigenvalue weighted by molar-refractivity contribution is -0.142. The van der Waals surface area contributed by atoms with Crippen molar-refractivity contribution in [2.75, 3.05) is 11.6 Å². The monoisotopic (exact) mass is 519 g/mol. The summed E-state index contributed by atoms with van der Waals surface area (Å²) in [4.78, 5) is 18.0. The van der Waals surface area contributed by atoms with Crippen molar-refractivity contribution in [3.8, 4) is 11.6 Å². The van der Waals surface area contributed by atoms with Crippen molar-refractivity contribution in [3.63, 3.8) is 0 Å². The number of rotatable bonds is 6. The predicted octanol–water partition coefficient (Wildman–Crippen LogP) is 5.77. The van der Waals surface area contributed by atoms with E-state index in [0.717, 1.165) is 25.5 Å². The highest BCUT2D eigenvalue weighted by molar-refractivity contribution is 7.91. The van der Waals surface area contributed by atoms with E-state index in [0.29, 0.717) is 17.2 Å². The van der Waals surface area contributed by atoms with Crippen LogP contribution in [-0.2, 0) is 15.9 Å². The smallest absolute Gasteiger partial charge is 0.435 e. The normalized spacial score (nSPS) is 15.3. The van der Waals surface area contributed by atoms with E-state index in [4.69, 9.17) is 9.52 Å². The number of nitrogens with zero attached hydrogens (tertiary/aromatic N) is 3. The maximum absolute atomic E-state index is 13.6. The Kier molecular flexibility index (Phi) is 6.50. The van der Waals surface area contributed by atoms with Crippen LogP contribution in [0.4, 0.5) is 18.9 Å². The second kappa shape index (κ2) is 9.16. The van der Waals surface area contributed by atoms with E-state index in [2.05, 4.69) is 20.5 Å². The van der Waals surface area contributed by atoms with Crippen LogP contribution in [0.15, 0.2) is 35.2 Å². The van der Waals surface area contributed by atoms with Crippen molar-refractivity contribution < 1.29 is 26.9 Å². The predicted molar refractivity (Wildman–Crippen MR) is 127 cm³/mol. The second-order valence-corrected chi connectivity index (χ2v) is 11.0. The zero-order valence-corrected chi connectivity index (χ0v) is 20.8. The van der Waals surface area contributed by atoms with Crippen LogP contribution in [0.5, 0.6) is 11.6 Å². The number of carbonyl (C=O) groups excluding carboxylic acids is 1. The van der Waals surface area contributed by atoms with Crippen LogP contribution >= 0.6 is 0 Å². The molecule has 0 saturated heterocycles. The third kappa shape index (κ3) is 5.32. The summed E-state index contributed by atoms with van der Waals surface area (Å²) in [6.07, 6.45) is -1.52. The Hall–Kier alpha value is -3.54. The molecular weight excluding hydrogens is 495 g/mol. The summed E-state index contributed by atoms with van der Waals surface area (Å²) < 4.78 is 66.4. The number of halogens is 3. The minimum Gasteiger partial charge on any atom is -0.435 e. The molecule has 36 heavy (non-hydrogen) atoms. The van der Waals surface area contributed by atoms with Crippen molar-refractivity contribution in [2.24, 2.45) is 0 Å². The van der Waals surface area contributed by atoms with Crippen LogP contribution in [0.2, 0.25) is 0 Å². The first-order valence-corrected chi connectivity index (χ1v) is 13.0. The highest BCUT2D eigenvalue weighted by Gasteiger charge is 2.38. The summed E-state index contributed by atoms with van der Waals surface area (Å²) >= 11 is 0. The number of aromatic nitrogens is 3. The molecule has 0 aliphatic heterocycles. The Labute approximate surface area is 206 Å². The summed E-state index contributed by atoms with van der Waals surface area (Å²) in [7, 11) is -3.08.